The van der Waals surface area contributed by atoms with Crippen LogP contribution in [0.5, 0.6) is 0 Å². The number of hydrogen-bond donors (Lipinski definition) is 0. The van der Waals surface area contributed by atoms with Crippen LogP contribution in [0, 0.1) is 6.92 Å². The van der Waals surface area contributed by atoms with Crippen molar-refractivity contribution in [3.63, 3.8) is 0 Å². The average molecular weight is 424 g/mol. The largest absolute Gasteiger partial charge is 0.356 e. The van der Waals surface area contributed by atoms with Gasteiger partial charge < -0.3 is 9.64 Å². The van der Waals surface area contributed by atoms with Gasteiger partial charge in [0.2, 0.25) is 10.0 Å². The highest BCUT2D eigenvalue weighted by atomic mass is 32.2. The first-order valence-electron chi connectivity index (χ1n) is 10.3. The van der Waals surface area contributed by atoms with Crippen LogP contribution in [0.2, 0.25) is 0 Å². The van der Waals surface area contributed by atoms with Gasteiger partial charge in [-0.1, -0.05) is 29.8 Å². The van der Waals surface area contributed by atoms with Crippen molar-refractivity contribution in [3.8, 4) is 0 Å². The van der Waals surface area contributed by atoms with Gasteiger partial charge in [-0.05, 0) is 38.0 Å². The third-order valence-electron chi connectivity index (χ3n) is 6.16. The summed E-state index contributed by atoms with van der Waals surface area (Å²) in [6.45, 7) is 4.30. The maximum Gasteiger partial charge on any atom is 0.243 e. The second-order valence-corrected chi connectivity index (χ2v) is 9.97. The molecule has 6 nitrogen and oxygen atoms in total. The topological polar surface area (TPSA) is 62.7 Å². The molecular formula is C23H25N3O3S. The third-order valence-corrected chi connectivity index (χ3v) is 8.11. The zero-order chi connectivity index (χ0) is 20.7. The Morgan fingerprint density at radius 1 is 1.10 bits per heavy atom. The molecule has 156 valence electrons. The van der Waals surface area contributed by atoms with E-state index in [1.165, 1.54) is 16.8 Å². The molecule has 2 aromatic carbocycles. The van der Waals surface area contributed by atoms with Crippen LogP contribution in [0.3, 0.4) is 0 Å². The Morgan fingerprint density at radius 2 is 1.93 bits per heavy atom. The highest BCUT2D eigenvalue weighted by Crippen LogP contribution is 2.33. The van der Waals surface area contributed by atoms with E-state index in [2.05, 4.69) is 35.0 Å². The summed E-state index contributed by atoms with van der Waals surface area (Å²) in [5.74, 6) is 0. The maximum atomic E-state index is 13.4. The summed E-state index contributed by atoms with van der Waals surface area (Å²) in [5.41, 5.74) is 3.65. The number of piperidine rings is 1. The van der Waals surface area contributed by atoms with Crippen LogP contribution < -0.4 is 4.90 Å². The van der Waals surface area contributed by atoms with E-state index in [1.807, 2.05) is 6.07 Å². The molecule has 30 heavy (non-hydrogen) atoms. The van der Waals surface area contributed by atoms with Gasteiger partial charge in [-0.25, -0.2) is 8.42 Å². The monoisotopic (exact) mass is 423 g/mol. The Hall–Kier alpha value is -2.48. The van der Waals surface area contributed by atoms with Crippen LogP contribution in [0.25, 0.3) is 10.8 Å². The number of aromatic nitrogens is 1. The molecule has 7 heteroatoms. The Labute approximate surface area is 177 Å². The number of sulfonamides is 1. The number of aryl methyl sites for hydroxylation is 1. The molecule has 5 rings (SSSR count). The van der Waals surface area contributed by atoms with E-state index in [4.69, 9.17) is 4.74 Å². The van der Waals surface area contributed by atoms with Crippen molar-refractivity contribution >= 4 is 26.5 Å². The number of rotatable bonds is 3. The predicted molar refractivity (Wildman–Crippen MR) is 117 cm³/mol. The lowest BCUT2D eigenvalue weighted by molar-refractivity contribution is 0.0987. The molecule has 3 heterocycles. The molecule has 0 amide bonds. The van der Waals surface area contributed by atoms with Crippen molar-refractivity contribution in [2.45, 2.75) is 37.3 Å². The van der Waals surface area contributed by atoms with Crippen molar-refractivity contribution in [1.82, 2.24) is 9.29 Å². The SMILES string of the molecule is Cc1ccc2c(c1)COCN2C1CCN(S(=O)(=O)c2cccc3cnccc23)CC1. The fourth-order valence-corrected chi connectivity index (χ4v) is 6.27. The number of hydrogen-bond acceptors (Lipinski definition) is 5. The van der Waals surface area contributed by atoms with E-state index in [-0.39, 0.29) is 6.04 Å². The molecule has 0 bridgehead atoms. The summed E-state index contributed by atoms with van der Waals surface area (Å²) in [7, 11) is -3.55. The molecule has 0 unspecified atom stereocenters. The standard InChI is InChI=1S/C23H25N3O3S/c1-17-5-6-22-19(13-17)15-29-16-26(22)20-8-11-25(12-9-20)30(27,28)23-4-2-3-18-14-24-10-7-21(18)23/h2-7,10,13-14,20H,8-9,11-12,15-16H2,1H3. The summed E-state index contributed by atoms with van der Waals surface area (Å²) >= 11 is 0. The molecule has 0 spiro atoms. The molecule has 1 aromatic heterocycles. The number of ether oxygens (including phenoxy) is 1. The first-order valence-corrected chi connectivity index (χ1v) is 11.7. The third kappa shape index (κ3) is 3.37. The first kappa shape index (κ1) is 19.5. The molecular weight excluding hydrogens is 398 g/mol. The van der Waals surface area contributed by atoms with Crippen LogP contribution in [-0.2, 0) is 21.4 Å². The molecule has 1 fully saturated rings. The molecule has 0 radical (unpaired) electrons. The van der Waals surface area contributed by atoms with E-state index < -0.39 is 10.0 Å². The van der Waals surface area contributed by atoms with Gasteiger partial charge in [0.1, 0.15) is 6.73 Å². The maximum absolute atomic E-state index is 13.4. The minimum absolute atomic E-state index is 0.273. The molecule has 2 aliphatic rings. The average Bonchev–Trinajstić information content (AvgIpc) is 2.78. The Balaban J connectivity index is 1.36. The fourth-order valence-electron chi connectivity index (χ4n) is 4.59. The zero-order valence-electron chi connectivity index (χ0n) is 17.0. The number of anilines is 1. The van der Waals surface area contributed by atoms with E-state index >= 15 is 0 Å². The highest BCUT2D eigenvalue weighted by molar-refractivity contribution is 7.89. The van der Waals surface area contributed by atoms with Gasteiger partial charge in [-0.15, -0.1) is 0 Å². The van der Waals surface area contributed by atoms with Gasteiger partial charge in [0.15, 0.2) is 0 Å². The summed E-state index contributed by atoms with van der Waals surface area (Å²) in [5, 5.41) is 1.56. The molecule has 0 atom stereocenters. The van der Waals surface area contributed by atoms with Crippen molar-refractivity contribution in [2.75, 3.05) is 24.7 Å². The normalized spacial score (nSPS) is 18.5. The zero-order valence-corrected chi connectivity index (χ0v) is 17.8. The second-order valence-electron chi connectivity index (χ2n) is 8.07. The van der Waals surface area contributed by atoms with Crippen LogP contribution >= 0.6 is 0 Å². The van der Waals surface area contributed by atoms with E-state index in [0.29, 0.717) is 31.3 Å². The summed E-state index contributed by atoms with van der Waals surface area (Å²) in [6.07, 6.45) is 4.91. The lowest BCUT2D eigenvalue weighted by Crippen LogP contribution is -2.48. The molecule has 2 aliphatic heterocycles. The summed E-state index contributed by atoms with van der Waals surface area (Å²) in [6, 6.07) is 13.9. The van der Waals surface area contributed by atoms with E-state index in [0.717, 1.165) is 23.6 Å². The van der Waals surface area contributed by atoms with Gasteiger partial charge in [0.25, 0.3) is 0 Å². The predicted octanol–water partition coefficient (Wildman–Crippen LogP) is 3.69. The molecule has 0 N–H and O–H groups in total. The van der Waals surface area contributed by atoms with Gasteiger partial charge in [0.05, 0.1) is 11.5 Å². The van der Waals surface area contributed by atoms with Crippen molar-refractivity contribution in [3.05, 3.63) is 66.0 Å². The fraction of sp³-hybridized carbons (Fsp3) is 0.348. The van der Waals surface area contributed by atoms with Crippen LogP contribution in [-0.4, -0.2) is 43.6 Å². The Kier molecular flexibility index (Phi) is 4.97. The van der Waals surface area contributed by atoms with Crippen LogP contribution in [0.1, 0.15) is 24.0 Å². The Morgan fingerprint density at radius 3 is 2.77 bits per heavy atom. The van der Waals surface area contributed by atoms with Gasteiger partial charge >= 0.3 is 0 Å². The van der Waals surface area contributed by atoms with Crippen molar-refractivity contribution in [2.24, 2.45) is 0 Å². The van der Waals surface area contributed by atoms with E-state index in [1.54, 1.807) is 34.9 Å². The van der Waals surface area contributed by atoms with Gasteiger partial charge in [0, 0.05) is 53.5 Å². The molecule has 0 aliphatic carbocycles. The van der Waals surface area contributed by atoms with Crippen LogP contribution in [0.4, 0.5) is 5.69 Å². The van der Waals surface area contributed by atoms with Crippen molar-refractivity contribution < 1.29 is 13.2 Å². The van der Waals surface area contributed by atoms with Gasteiger partial charge in [-0.3, -0.25) is 4.98 Å². The molecule has 0 saturated carbocycles. The smallest absolute Gasteiger partial charge is 0.243 e. The lowest BCUT2D eigenvalue weighted by atomic mass is 10.0. The second kappa shape index (κ2) is 7.65. The van der Waals surface area contributed by atoms with Crippen LogP contribution in [0.15, 0.2) is 59.8 Å². The highest BCUT2D eigenvalue weighted by Gasteiger charge is 2.34. The molecule has 3 aromatic rings. The number of pyridine rings is 1. The number of nitrogens with zero attached hydrogens (tertiary/aromatic N) is 3. The lowest BCUT2D eigenvalue weighted by Gasteiger charge is -2.41. The summed E-state index contributed by atoms with van der Waals surface area (Å²) < 4.78 is 34.2. The molecule has 1 saturated heterocycles. The minimum atomic E-state index is -3.55. The van der Waals surface area contributed by atoms with Crippen molar-refractivity contribution in [1.29, 1.82) is 0 Å². The number of benzene rings is 2. The quantitative estimate of drug-likeness (QED) is 0.643. The first-order chi connectivity index (χ1) is 14.5. The minimum Gasteiger partial charge on any atom is -0.356 e. The summed E-state index contributed by atoms with van der Waals surface area (Å²) in [4.78, 5) is 6.77. The number of fused-ring (bicyclic) bond motifs is 2. The Bertz CT molecular complexity index is 1180. The van der Waals surface area contributed by atoms with E-state index in [9.17, 15) is 8.42 Å². The van der Waals surface area contributed by atoms with Gasteiger partial charge in [-0.2, -0.15) is 4.31 Å².